The number of amides is 1. The number of hydrogen-bond acceptors (Lipinski definition) is 5. The Hall–Kier alpha value is -3.19. The highest BCUT2D eigenvalue weighted by Gasteiger charge is 2.30. The lowest BCUT2D eigenvalue weighted by Crippen LogP contribution is -2.52. The maximum atomic E-state index is 12.9. The number of nitrogens with zero attached hydrogens (tertiary/aromatic N) is 2. The van der Waals surface area contributed by atoms with Gasteiger partial charge in [0.05, 0.1) is 18.2 Å². The van der Waals surface area contributed by atoms with E-state index in [2.05, 4.69) is 10.3 Å². The minimum atomic E-state index is -0.409. The fraction of sp³-hybridized carbons (Fsp3) is 0.286. The molecule has 1 amide bonds. The minimum absolute atomic E-state index is 0.115. The van der Waals surface area contributed by atoms with Crippen LogP contribution in [0.15, 0.2) is 59.7 Å². The van der Waals surface area contributed by atoms with Gasteiger partial charge in [-0.25, -0.2) is 4.98 Å². The van der Waals surface area contributed by atoms with Gasteiger partial charge in [-0.15, -0.1) is 0 Å². The minimum Gasteiger partial charge on any atom is -0.470 e. The summed E-state index contributed by atoms with van der Waals surface area (Å²) in [5.74, 6) is 0.0618. The van der Waals surface area contributed by atoms with E-state index in [1.54, 1.807) is 41.2 Å². The number of hydrogen-bond donors (Lipinski definition) is 1. The van der Waals surface area contributed by atoms with Crippen LogP contribution >= 0.6 is 0 Å². The van der Waals surface area contributed by atoms with Crippen molar-refractivity contribution in [2.75, 3.05) is 13.2 Å². The molecule has 1 N–H and O–H groups in total. The van der Waals surface area contributed by atoms with Crippen LogP contribution < -0.4 is 15.5 Å². The average Bonchev–Trinajstić information content (AvgIpc) is 2.73. The average molecular weight is 379 g/mol. The van der Waals surface area contributed by atoms with E-state index < -0.39 is 5.91 Å². The van der Waals surface area contributed by atoms with Crippen molar-refractivity contribution in [2.45, 2.75) is 18.6 Å². The van der Waals surface area contributed by atoms with Crippen molar-refractivity contribution in [3.05, 3.63) is 70.6 Å². The number of ether oxygens (including phenoxy) is 2. The zero-order chi connectivity index (χ0) is 19.5. The molecule has 144 valence electrons. The number of pyridine rings is 2. The summed E-state index contributed by atoms with van der Waals surface area (Å²) >= 11 is 0. The van der Waals surface area contributed by atoms with Crippen LogP contribution in [0.3, 0.4) is 0 Å². The Labute approximate surface area is 161 Å². The van der Waals surface area contributed by atoms with E-state index in [0.29, 0.717) is 30.9 Å². The van der Waals surface area contributed by atoms with Crippen LogP contribution in [0, 0.1) is 0 Å². The van der Waals surface area contributed by atoms with Crippen LogP contribution in [0.4, 0.5) is 0 Å². The lowest BCUT2D eigenvalue weighted by molar-refractivity contribution is -0.0153. The largest absolute Gasteiger partial charge is 0.470 e. The molecule has 1 fully saturated rings. The SMILES string of the molecule is Cn1cc(C(=O)N[C@@H]2CCOC[C@H]2Oc2ccccn2)c(=O)c2ccccc21. The third-order valence-corrected chi connectivity index (χ3v) is 4.87. The van der Waals surface area contributed by atoms with E-state index in [0.717, 1.165) is 5.52 Å². The number of aromatic nitrogens is 2. The van der Waals surface area contributed by atoms with Gasteiger partial charge < -0.3 is 19.4 Å². The van der Waals surface area contributed by atoms with E-state index in [-0.39, 0.29) is 23.1 Å². The summed E-state index contributed by atoms with van der Waals surface area (Å²) in [6.07, 6.45) is 3.44. The van der Waals surface area contributed by atoms with Crippen LogP contribution in [0.5, 0.6) is 5.88 Å². The van der Waals surface area contributed by atoms with Crippen LogP contribution in [0.1, 0.15) is 16.8 Å². The number of nitrogens with one attached hydrogen (secondary N) is 1. The van der Waals surface area contributed by atoms with Gasteiger partial charge in [0.2, 0.25) is 11.3 Å². The van der Waals surface area contributed by atoms with E-state index >= 15 is 0 Å². The van der Waals surface area contributed by atoms with Gasteiger partial charge in [-0.2, -0.15) is 0 Å². The Balaban J connectivity index is 1.57. The van der Waals surface area contributed by atoms with Gasteiger partial charge in [0.1, 0.15) is 11.7 Å². The monoisotopic (exact) mass is 379 g/mol. The molecular formula is C21H21N3O4. The molecule has 0 bridgehead atoms. The number of para-hydroxylation sites is 1. The fourth-order valence-electron chi connectivity index (χ4n) is 3.41. The molecule has 0 aliphatic carbocycles. The number of rotatable bonds is 4. The van der Waals surface area contributed by atoms with Crippen LogP contribution in [-0.4, -0.2) is 40.8 Å². The molecule has 1 aliphatic rings. The molecule has 0 spiro atoms. The van der Waals surface area contributed by atoms with E-state index in [4.69, 9.17) is 9.47 Å². The second-order valence-electron chi connectivity index (χ2n) is 6.77. The standard InChI is InChI=1S/C21H21N3O4/c1-24-12-15(20(25)14-6-2-3-7-17(14)24)21(26)23-16-9-11-27-13-18(16)28-19-8-4-5-10-22-19/h2-8,10,12,16,18H,9,11,13H2,1H3,(H,23,26)/t16-,18-/m1/s1. The first-order chi connectivity index (χ1) is 13.6. The lowest BCUT2D eigenvalue weighted by atomic mass is 10.0. The summed E-state index contributed by atoms with van der Waals surface area (Å²) < 4.78 is 13.2. The highest BCUT2D eigenvalue weighted by molar-refractivity contribution is 5.97. The number of benzene rings is 1. The molecule has 1 aromatic carbocycles. The Morgan fingerprint density at radius 2 is 2.07 bits per heavy atom. The van der Waals surface area contributed by atoms with E-state index in [1.165, 1.54) is 0 Å². The molecule has 3 aromatic rings. The Morgan fingerprint density at radius 1 is 1.25 bits per heavy atom. The third kappa shape index (κ3) is 3.61. The van der Waals surface area contributed by atoms with Gasteiger partial charge in [-0.3, -0.25) is 9.59 Å². The van der Waals surface area contributed by atoms with Crippen LogP contribution in [-0.2, 0) is 11.8 Å². The van der Waals surface area contributed by atoms with Crippen molar-refractivity contribution in [1.82, 2.24) is 14.9 Å². The van der Waals surface area contributed by atoms with Crippen molar-refractivity contribution < 1.29 is 14.3 Å². The van der Waals surface area contributed by atoms with Crippen LogP contribution in [0.2, 0.25) is 0 Å². The molecule has 28 heavy (non-hydrogen) atoms. The van der Waals surface area contributed by atoms with Gasteiger partial charge in [0.15, 0.2) is 0 Å². The fourth-order valence-corrected chi connectivity index (χ4v) is 3.41. The van der Waals surface area contributed by atoms with Crippen molar-refractivity contribution in [1.29, 1.82) is 0 Å². The maximum absolute atomic E-state index is 12.9. The predicted molar refractivity (Wildman–Crippen MR) is 105 cm³/mol. The molecule has 0 saturated carbocycles. The van der Waals surface area contributed by atoms with Gasteiger partial charge in [0, 0.05) is 37.5 Å². The van der Waals surface area contributed by atoms with Crippen LogP contribution in [0.25, 0.3) is 10.9 Å². The Kier molecular flexibility index (Phi) is 5.08. The molecular weight excluding hydrogens is 358 g/mol. The summed E-state index contributed by atoms with van der Waals surface area (Å²) in [6, 6.07) is 12.4. The number of carbonyl (C=O) groups excluding carboxylic acids is 1. The molecule has 3 heterocycles. The van der Waals surface area contributed by atoms with Crippen molar-refractivity contribution in [3.8, 4) is 5.88 Å². The van der Waals surface area contributed by atoms with Crippen molar-refractivity contribution in [3.63, 3.8) is 0 Å². The van der Waals surface area contributed by atoms with Gasteiger partial charge in [-0.1, -0.05) is 18.2 Å². The Morgan fingerprint density at radius 3 is 2.89 bits per heavy atom. The molecule has 2 aromatic heterocycles. The molecule has 1 aliphatic heterocycles. The second kappa shape index (κ2) is 7.82. The Bertz CT molecular complexity index is 1050. The highest BCUT2D eigenvalue weighted by atomic mass is 16.5. The summed E-state index contributed by atoms with van der Waals surface area (Å²) in [6.45, 7) is 0.861. The third-order valence-electron chi connectivity index (χ3n) is 4.87. The van der Waals surface area contributed by atoms with Crippen molar-refractivity contribution in [2.24, 2.45) is 7.05 Å². The molecule has 2 atom stereocenters. The number of carbonyl (C=O) groups is 1. The quantitative estimate of drug-likeness (QED) is 0.749. The molecule has 4 rings (SSSR count). The van der Waals surface area contributed by atoms with Crippen molar-refractivity contribution >= 4 is 16.8 Å². The smallest absolute Gasteiger partial charge is 0.257 e. The topological polar surface area (TPSA) is 82.5 Å². The molecule has 7 heteroatoms. The first kappa shape index (κ1) is 18.2. The summed E-state index contributed by atoms with van der Waals surface area (Å²) in [5.41, 5.74) is 0.621. The van der Waals surface area contributed by atoms with Gasteiger partial charge in [-0.05, 0) is 24.6 Å². The van der Waals surface area contributed by atoms with Gasteiger partial charge >= 0.3 is 0 Å². The van der Waals surface area contributed by atoms with Gasteiger partial charge in [0.25, 0.3) is 5.91 Å². The number of aryl methyl sites for hydroxylation is 1. The normalized spacial score (nSPS) is 19.3. The molecule has 1 saturated heterocycles. The molecule has 0 radical (unpaired) electrons. The summed E-state index contributed by atoms with van der Waals surface area (Å²) in [4.78, 5) is 29.8. The summed E-state index contributed by atoms with van der Waals surface area (Å²) in [7, 11) is 1.82. The van der Waals surface area contributed by atoms with E-state index in [9.17, 15) is 9.59 Å². The first-order valence-corrected chi connectivity index (χ1v) is 9.18. The second-order valence-corrected chi connectivity index (χ2v) is 6.77. The zero-order valence-corrected chi connectivity index (χ0v) is 15.5. The first-order valence-electron chi connectivity index (χ1n) is 9.18. The lowest BCUT2D eigenvalue weighted by Gasteiger charge is -2.32. The van der Waals surface area contributed by atoms with E-state index in [1.807, 2.05) is 25.2 Å². The number of fused-ring (bicyclic) bond motifs is 1. The molecule has 7 nitrogen and oxygen atoms in total. The highest BCUT2D eigenvalue weighted by Crippen LogP contribution is 2.16. The summed E-state index contributed by atoms with van der Waals surface area (Å²) in [5, 5.41) is 3.47. The maximum Gasteiger partial charge on any atom is 0.257 e. The molecule has 0 unspecified atom stereocenters. The predicted octanol–water partition coefficient (Wildman–Crippen LogP) is 1.90. The zero-order valence-electron chi connectivity index (χ0n) is 15.5.